The summed E-state index contributed by atoms with van der Waals surface area (Å²) in [7, 11) is -3.55. The maximum absolute atomic E-state index is 11.8. The van der Waals surface area contributed by atoms with E-state index in [4.69, 9.17) is 10.9 Å². The summed E-state index contributed by atoms with van der Waals surface area (Å²) < 4.78 is 21.4. The fourth-order valence-corrected chi connectivity index (χ4v) is 1.84. The van der Waals surface area contributed by atoms with Crippen LogP contribution in [0.2, 0.25) is 0 Å². The Morgan fingerprint density at radius 1 is 1.44 bits per heavy atom. The molecule has 0 fully saturated rings. The number of benzene rings is 1. The molecule has 1 unspecified atom stereocenters. The zero-order chi connectivity index (χ0) is 13.8. The van der Waals surface area contributed by atoms with Crippen molar-refractivity contribution in [2.45, 2.75) is 12.8 Å². The van der Waals surface area contributed by atoms with Crippen LogP contribution in [0.1, 0.15) is 18.4 Å². The normalized spacial score (nSPS) is 13.0. The van der Waals surface area contributed by atoms with Crippen LogP contribution in [0, 0.1) is 0 Å². The summed E-state index contributed by atoms with van der Waals surface area (Å²) in [4.78, 5) is 11.8. The van der Waals surface area contributed by atoms with Crippen molar-refractivity contribution in [2.24, 2.45) is 5.14 Å². The van der Waals surface area contributed by atoms with E-state index in [9.17, 15) is 13.2 Å². The molecule has 1 aromatic rings. The zero-order valence-corrected chi connectivity index (χ0v) is 10.9. The second-order valence-corrected chi connectivity index (χ2v) is 5.78. The predicted octanol–water partition coefficient (Wildman–Crippen LogP) is -0.223. The van der Waals surface area contributed by atoms with Crippen molar-refractivity contribution >= 4 is 21.6 Å². The Hall–Kier alpha value is -1.60. The highest BCUT2D eigenvalue weighted by molar-refractivity contribution is 7.89. The number of sulfonamides is 1. The predicted molar refractivity (Wildman–Crippen MR) is 70.3 cm³/mol. The van der Waals surface area contributed by atoms with Gasteiger partial charge in [-0.1, -0.05) is 12.1 Å². The molecule has 5 N–H and O–H groups in total. The van der Waals surface area contributed by atoms with E-state index in [0.29, 0.717) is 5.69 Å². The minimum absolute atomic E-state index is 0.00429. The number of carbonyl (C=O) groups excluding carboxylic acids is 1. The second-order valence-electron chi connectivity index (χ2n) is 4.05. The molecule has 0 aromatic heterocycles. The van der Waals surface area contributed by atoms with Crippen molar-refractivity contribution in [3.05, 3.63) is 29.8 Å². The number of amides is 1. The van der Waals surface area contributed by atoms with E-state index < -0.39 is 15.9 Å². The molecule has 0 aliphatic rings. The highest BCUT2D eigenvalue weighted by Crippen LogP contribution is 2.17. The molecule has 1 atom stereocenters. The van der Waals surface area contributed by atoms with E-state index in [1.165, 1.54) is 0 Å². The molecule has 18 heavy (non-hydrogen) atoms. The van der Waals surface area contributed by atoms with Crippen LogP contribution < -0.4 is 16.2 Å². The van der Waals surface area contributed by atoms with Gasteiger partial charge in [0.1, 0.15) is 0 Å². The van der Waals surface area contributed by atoms with E-state index in [-0.39, 0.29) is 18.2 Å². The third-order valence-electron chi connectivity index (χ3n) is 2.49. The molecule has 0 bridgehead atoms. The maximum atomic E-state index is 11.8. The molecule has 0 saturated carbocycles. The molecular weight excluding hydrogens is 254 g/mol. The first-order valence-electron chi connectivity index (χ1n) is 5.43. The highest BCUT2D eigenvalue weighted by Gasteiger charge is 2.15. The van der Waals surface area contributed by atoms with Crippen LogP contribution in [-0.2, 0) is 14.8 Å². The Balaban J connectivity index is 2.57. The molecule has 7 heteroatoms. The van der Waals surface area contributed by atoms with Crippen LogP contribution in [0.4, 0.5) is 5.69 Å². The Morgan fingerprint density at radius 2 is 2.11 bits per heavy atom. The lowest BCUT2D eigenvalue weighted by molar-refractivity contribution is -0.122. The van der Waals surface area contributed by atoms with Gasteiger partial charge in [-0.05, 0) is 24.6 Å². The van der Waals surface area contributed by atoms with E-state index >= 15 is 0 Å². The van der Waals surface area contributed by atoms with Gasteiger partial charge in [-0.2, -0.15) is 0 Å². The molecule has 0 aliphatic carbocycles. The molecular formula is C11H17N3O3S. The molecule has 1 amide bonds. The molecule has 0 saturated heterocycles. The molecule has 1 rings (SSSR count). The van der Waals surface area contributed by atoms with Gasteiger partial charge in [0.25, 0.3) is 0 Å². The van der Waals surface area contributed by atoms with Gasteiger partial charge in [-0.15, -0.1) is 0 Å². The smallest absolute Gasteiger partial charge is 0.227 e. The Kier molecular flexibility index (Phi) is 4.69. The second kappa shape index (κ2) is 5.83. The van der Waals surface area contributed by atoms with Gasteiger partial charge in [0.05, 0.1) is 11.7 Å². The van der Waals surface area contributed by atoms with Gasteiger partial charge in [-0.25, -0.2) is 13.6 Å². The summed E-state index contributed by atoms with van der Waals surface area (Å²) in [5.74, 6) is -0.930. The van der Waals surface area contributed by atoms with Crippen molar-refractivity contribution in [3.8, 4) is 0 Å². The summed E-state index contributed by atoms with van der Waals surface area (Å²) in [6.45, 7) is 1.73. The average Bonchev–Trinajstić information content (AvgIpc) is 2.26. The molecule has 0 radical (unpaired) electrons. The van der Waals surface area contributed by atoms with Gasteiger partial charge < -0.3 is 11.1 Å². The number of nitrogens with two attached hydrogens (primary N) is 2. The minimum Gasteiger partial charge on any atom is -0.399 e. The quantitative estimate of drug-likeness (QED) is 0.642. The summed E-state index contributed by atoms with van der Waals surface area (Å²) in [6.07, 6.45) is 0. The Morgan fingerprint density at radius 3 is 2.67 bits per heavy atom. The van der Waals surface area contributed by atoms with Crippen molar-refractivity contribution in [2.75, 3.05) is 18.0 Å². The number of nitrogen functional groups attached to an aromatic ring is 1. The lowest BCUT2D eigenvalue weighted by Crippen LogP contribution is -2.33. The number of carbonyl (C=O) groups is 1. The first-order valence-corrected chi connectivity index (χ1v) is 7.15. The van der Waals surface area contributed by atoms with Crippen LogP contribution in [-0.4, -0.2) is 26.6 Å². The van der Waals surface area contributed by atoms with Gasteiger partial charge in [0.2, 0.25) is 15.9 Å². The lowest BCUT2D eigenvalue weighted by atomic mass is 10.00. The third-order valence-corrected chi connectivity index (χ3v) is 3.26. The van der Waals surface area contributed by atoms with E-state index in [2.05, 4.69) is 5.32 Å². The zero-order valence-electron chi connectivity index (χ0n) is 10.1. The minimum atomic E-state index is -3.55. The van der Waals surface area contributed by atoms with E-state index in [1.54, 1.807) is 31.2 Å². The van der Waals surface area contributed by atoms with Crippen LogP contribution in [0.5, 0.6) is 0 Å². The topological polar surface area (TPSA) is 115 Å². The van der Waals surface area contributed by atoms with Crippen LogP contribution in [0.25, 0.3) is 0 Å². The average molecular weight is 271 g/mol. The summed E-state index contributed by atoms with van der Waals surface area (Å²) in [5.41, 5.74) is 6.99. The number of rotatable bonds is 5. The van der Waals surface area contributed by atoms with Crippen molar-refractivity contribution in [3.63, 3.8) is 0 Å². The fraction of sp³-hybridized carbons (Fsp3) is 0.364. The van der Waals surface area contributed by atoms with Crippen LogP contribution >= 0.6 is 0 Å². The molecule has 100 valence electrons. The summed E-state index contributed by atoms with van der Waals surface area (Å²) in [6, 6.07) is 7.00. The van der Waals surface area contributed by atoms with Crippen LogP contribution in [0.3, 0.4) is 0 Å². The number of hydrogen-bond donors (Lipinski definition) is 3. The van der Waals surface area contributed by atoms with Gasteiger partial charge in [0, 0.05) is 12.2 Å². The number of hydrogen-bond acceptors (Lipinski definition) is 4. The number of nitrogens with one attached hydrogen (secondary N) is 1. The largest absolute Gasteiger partial charge is 0.399 e. The number of anilines is 1. The molecule has 0 heterocycles. The molecule has 0 spiro atoms. The number of primary sulfonamides is 1. The summed E-state index contributed by atoms with van der Waals surface area (Å²) >= 11 is 0. The van der Waals surface area contributed by atoms with Crippen LogP contribution in [0.15, 0.2) is 24.3 Å². The molecule has 1 aromatic carbocycles. The Bertz CT molecular complexity index is 528. The molecule has 0 aliphatic heterocycles. The first kappa shape index (κ1) is 14.5. The molecule has 6 nitrogen and oxygen atoms in total. The lowest BCUT2D eigenvalue weighted by Gasteiger charge is -2.12. The maximum Gasteiger partial charge on any atom is 0.227 e. The van der Waals surface area contributed by atoms with Gasteiger partial charge >= 0.3 is 0 Å². The van der Waals surface area contributed by atoms with Crippen molar-refractivity contribution in [1.29, 1.82) is 0 Å². The first-order chi connectivity index (χ1) is 8.29. The van der Waals surface area contributed by atoms with Gasteiger partial charge in [-0.3, -0.25) is 4.79 Å². The standard InChI is InChI=1S/C11H17N3O3S/c1-8(9-3-2-4-10(12)7-9)11(15)14-5-6-18(13,16)17/h2-4,7-8H,5-6,12H2,1H3,(H,14,15)(H2,13,16,17). The fourth-order valence-electron chi connectivity index (χ4n) is 1.45. The highest BCUT2D eigenvalue weighted by atomic mass is 32.2. The van der Waals surface area contributed by atoms with Crippen molar-refractivity contribution in [1.82, 2.24) is 5.32 Å². The van der Waals surface area contributed by atoms with E-state index in [0.717, 1.165) is 5.56 Å². The monoisotopic (exact) mass is 271 g/mol. The van der Waals surface area contributed by atoms with Crippen molar-refractivity contribution < 1.29 is 13.2 Å². The summed E-state index contributed by atoms with van der Waals surface area (Å²) in [5, 5.41) is 7.35. The Labute approximate surface area is 106 Å². The SMILES string of the molecule is CC(C(=O)NCCS(N)(=O)=O)c1cccc(N)c1. The van der Waals surface area contributed by atoms with Gasteiger partial charge in [0.15, 0.2) is 0 Å². The third kappa shape index (κ3) is 4.72. The van der Waals surface area contributed by atoms with E-state index in [1.807, 2.05) is 0 Å².